The molecule has 25 heavy (non-hydrogen) atoms. The van der Waals surface area contributed by atoms with Gasteiger partial charge in [-0.3, -0.25) is 19.4 Å². The fourth-order valence-corrected chi connectivity index (χ4v) is 5.03. The van der Waals surface area contributed by atoms with Crippen LogP contribution in [0.3, 0.4) is 0 Å². The van der Waals surface area contributed by atoms with Gasteiger partial charge in [0.25, 0.3) is 5.78 Å². The number of rotatable bonds is 3. The summed E-state index contributed by atoms with van der Waals surface area (Å²) in [5.41, 5.74) is 2.10. The Morgan fingerprint density at radius 2 is 2.04 bits per heavy atom. The van der Waals surface area contributed by atoms with Gasteiger partial charge in [0.1, 0.15) is 5.82 Å². The summed E-state index contributed by atoms with van der Waals surface area (Å²) in [5, 5.41) is 2.14. The van der Waals surface area contributed by atoms with Gasteiger partial charge >= 0.3 is 5.91 Å². The zero-order valence-corrected chi connectivity index (χ0v) is 14.4. The van der Waals surface area contributed by atoms with Crippen molar-refractivity contribution in [3.8, 4) is 0 Å². The second-order valence-corrected chi connectivity index (χ2v) is 8.01. The van der Waals surface area contributed by atoms with Crippen LogP contribution in [0.4, 0.5) is 10.1 Å². The normalized spacial score (nSPS) is 23.1. The number of thiophene rings is 1. The molecule has 0 unspecified atom stereocenters. The van der Waals surface area contributed by atoms with Crippen molar-refractivity contribution in [2.24, 2.45) is 5.92 Å². The summed E-state index contributed by atoms with van der Waals surface area (Å²) in [6, 6.07) is 6.54. The summed E-state index contributed by atoms with van der Waals surface area (Å²) in [6.07, 6.45) is 3.40. The van der Waals surface area contributed by atoms with Crippen LogP contribution < -0.4 is 4.90 Å². The molecule has 6 heteroatoms. The molecule has 1 aliphatic carbocycles. The third-order valence-electron chi connectivity index (χ3n) is 5.44. The number of Topliss-reactive ketones (excluding diaryl/α,β-unsaturated/α-hetero) is 1. The van der Waals surface area contributed by atoms with E-state index in [0.29, 0.717) is 24.3 Å². The van der Waals surface area contributed by atoms with E-state index in [1.54, 1.807) is 6.07 Å². The monoisotopic (exact) mass is 356 g/mol. The molecule has 1 fully saturated rings. The molecule has 0 N–H and O–H groups in total. The lowest BCUT2D eigenvalue weighted by Gasteiger charge is -2.38. The number of carbonyl (C=O) groups is 2. The van der Waals surface area contributed by atoms with Crippen LogP contribution in [0.25, 0.3) is 0 Å². The maximum atomic E-state index is 13.5. The Labute approximate surface area is 148 Å². The predicted octanol–water partition coefficient (Wildman–Crippen LogP) is 3.38. The zero-order valence-electron chi connectivity index (χ0n) is 13.6. The van der Waals surface area contributed by atoms with Gasteiger partial charge in [-0.2, -0.15) is 0 Å². The van der Waals surface area contributed by atoms with Crippen molar-refractivity contribution in [1.82, 2.24) is 4.90 Å². The fraction of sp³-hybridized carbons (Fsp3) is 0.368. The van der Waals surface area contributed by atoms with Crippen LogP contribution in [-0.2, 0) is 11.2 Å². The molecule has 2 aromatic rings. The third-order valence-corrected chi connectivity index (χ3v) is 6.44. The number of anilines is 1. The Hall–Kier alpha value is -2.05. The first kappa shape index (κ1) is 15.2. The number of ketones is 1. The lowest BCUT2D eigenvalue weighted by Crippen LogP contribution is -2.45. The minimum atomic E-state index is -0.606. The molecular formula is C19H17FN2O2S. The van der Waals surface area contributed by atoms with Crippen LogP contribution in [0.5, 0.6) is 0 Å². The number of benzene rings is 1. The number of fused-ring (bicyclic) bond motifs is 2. The topological polar surface area (TPSA) is 40.6 Å². The van der Waals surface area contributed by atoms with E-state index >= 15 is 0 Å². The predicted molar refractivity (Wildman–Crippen MR) is 93.3 cm³/mol. The fourth-order valence-electron chi connectivity index (χ4n) is 4.12. The lowest BCUT2D eigenvalue weighted by atomic mass is 9.96. The van der Waals surface area contributed by atoms with Crippen molar-refractivity contribution in [1.29, 1.82) is 0 Å². The van der Waals surface area contributed by atoms with E-state index in [1.165, 1.54) is 40.3 Å². The van der Waals surface area contributed by atoms with E-state index < -0.39 is 17.5 Å². The van der Waals surface area contributed by atoms with E-state index in [2.05, 4.69) is 16.3 Å². The molecule has 5 rings (SSSR count). The number of amides is 1. The Morgan fingerprint density at radius 1 is 1.20 bits per heavy atom. The van der Waals surface area contributed by atoms with Gasteiger partial charge in [-0.15, -0.1) is 11.3 Å². The third kappa shape index (κ3) is 2.35. The lowest BCUT2D eigenvalue weighted by molar-refractivity contribution is -0.114. The molecule has 2 aliphatic heterocycles. The number of carbonyl (C=O) groups excluding carboxylic acids is 2. The molecule has 3 aliphatic rings. The van der Waals surface area contributed by atoms with Gasteiger partial charge in [0.05, 0.1) is 17.9 Å². The standard InChI is InChI=1S/C19H17FN2O2S/c20-12-3-4-15-14(9-12)18(23)19(24)22(15)10-21-7-5-16-13(6-8-25-16)17(21)11-1-2-11/h3-4,6,8-9,11,17H,1-2,5,7,10H2/t17-/m1/s1. The molecule has 0 saturated heterocycles. The Morgan fingerprint density at radius 3 is 2.84 bits per heavy atom. The van der Waals surface area contributed by atoms with E-state index in [-0.39, 0.29) is 5.56 Å². The summed E-state index contributed by atoms with van der Waals surface area (Å²) in [4.78, 5) is 30.0. The number of halogens is 1. The van der Waals surface area contributed by atoms with Crippen LogP contribution in [0.2, 0.25) is 0 Å². The van der Waals surface area contributed by atoms with Gasteiger partial charge in [0.15, 0.2) is 0 Å². The average Bonchev–Trinajstić information content (AvgIpc) is 3.29. The smallest absolute Gasteiger partial charge is 0.291 e. The second-order valence-electron chi connectivity index (χ2n) is 7.01. The van der Waals surface area contributed by atoms with Gasteiger partial charge in [0.2, 0.25) is 0 Å². The molecule has 0 radical (unpaired) electrons. The van der Waals surface area contributed by atoms with Gasteiger partial charge in [0, 0.05) is 17.5 Å². The Balaban J connectivity index is 1.48. The summed E-state index contributed by atoms with van der Waals surface area (Å²) in [7, 11) is 0. The Kier molecular flexibility index (Phi) is 3.33. The maximum Gasteiger partial charge on any atom is 0.300 e. The zero-order chi connectivity index (χ0) is 17.1. The number of nitrogens with zero attached hydrogens (tertiary/aromatic N) is 2. The molecule has 1 amide bonds. The first-order chi connectivity index (χ1) is 12.1. The van der Waals surface area contributed by atoms with Crippen LogP contribution in [0.15, 0.2) is 29.6 Å². The first-order valence-electron chi connectivity index (χ1n) is 8.59. The minimum Gasteiger partial charge on any atom is -0.291 e. The van der Waals surface area contributed by atoms with Crippen LogP contribution in [0, 0.1) is 11.7 Å². The quantitative estimate of drug-likeness (QED) is 0.792. The van der Waals surface area contributed by atoms with E-state index in [0.717, 1.165) is 13.0 Å². The minimum absolute atomic E-state index is 0.182. The van der Waals surface area contributed by atoms with Gasteiger partial charge in [-0.05, 0) is 60.4 Å². The van der Waals surface area contributed by atoms with Gasteiger partial charge in [-0.1, -0.05) is 0 Å². The van der Waals surface area contributed by atoms with Gasteiger partial charge in [-0.25, -0.2) is 4.39 Å². The maximum absolute atomic E-state index is 13.5. The molecule has 3 heterocycles. The highest BCUT2D eigenvalue weighted by molar-refractivity contribution is 7.10. The van der Waals surface area contributed by atoms with E-state index in [4.69, 9.17) is 0 Å². The van der Waals surface area contributed by atoms with Crippen molar-refractivity contribution in [3.63, 3.8) is 0 Å². The SMILES string of the molecule is O=C1C(=O)N(CN2CCc3sccc3[C@H]2C2CC2)c2ccc(F)cc21. The van der Waals surface area contributed by atoms with Crippen molar-refractivity contribution in [2.75, 3.05) is 18.1 Å². The van der Waals surface area contributed by atoms with E-state index in [1.807, 2.05) is 11.3 Å². The van der Waals surface area contributed by atoms with Crippen molar-refractivity contribution in [2.45, 2.75) is 25.3 Å². The summed E-state index contributed by atoms with van der Waals surface area (Å²) < 4.78 is 13.5. The van der Waals surface area contributed by atoms with Crippen LogP contribution >= 0.6 is 11.3 Å². The molecule has 1 saturated carbocycles. The second kappa shape index (κ2) is 5.47. The van der Waals surface area contributed by atoms with Crippen molar-refractivity contribution < 1.29 is 14.0 Å². The van der Waals surface area contributed by atoms with Crippen LogP contribution in [-0.4, -0.2) is 29.8 Å². The largest absolute Gasteiger partial charge is 0.300 e. The molecule has 128 valence electrons. The number of hydrogen-bond acceptors (Lipinski definition) is 4. The summed E-state index contributed by atoms with van der Waals surface area (Å²) in [6.45, 7) is 1.27. The Bertz CT molecular complexity index is 889. The van der Waals surface area contributed by atoms with Gasteiger partial charge < -0.3 is 0 Å². The van der Waals surface area contributed by atoms with Crippen molar-refractivity contribution >= 4 is 28.7 Å². The molecule has 1 aromatic carbocycles. The van der Waals surface area contributed by atoms with E-state index in [9.17, 15) is 14.0 Å². The molecule has 1 aromatic heterocycles. The van der Waals surface area contributed by atoms with Crippen molar-refractivity contribution in [3.05, 3.63) is 51.5 Å². The first-order valence-corrected chi connectivity index (χ1v) is 9.47. The molecule has 0 bridgehead atoms. The highest BCUT2D eigenvalue weighted by atomic mass is 32.1. The molecule has 1 atom stereocenters. The summed E-state index contributed by atoms with van der Waals surface area (Å²) >= 11 is 1.81. The summed E-state index contributed by atoms with van der Waals surface area (Å²) in [5.74, 6) is -1.01. The number of hydrogen-bond donors (Lipinski definition) is 0. The molecule has 0 spiro atoms. The van der Waals surface area contributed by atoms with Crippen LogP contribution in [0.1, 0.15) is 39.7 Å². The highest BCUT2D eigenvalue weighted by Crippen LogP contribution is 2.48. The molecule has 4 nitrogen and oxygen atoms in total. The highest BCUT2D eigenvalue weighted by Gasteiger charge is 2.43. The molecular weight excluding hydrogens is 339 g/mol. The average molecular weight is 356 g/mol.